The van der Waals surface area contributed by atoms with Gasteiger partial charge in [0.05, 0.1) is 11.4 Å². The molecule has 1 unspecified atom stereocenters. The molecule has 23 heavy (non-hydrogen) atoms. The number of anilines is 2. The summed E-state index contributed by atoms with van der Waals surface area (Å²) in [6.45, 7) is 0.677. The van der Waals surface area contributed by atoms with Gasteiger partial charge in [-0.25, -0.2) is 9.18 Å². The van der Waals surface area contributed by atoms with E-state index in [1.54, 1.807) is 11.0 Å². The molecule has 0 aliphatic carbocycles. The lowest BCUT2D eigenvalue weighted by atomic mass is 10.1. The number of benzene rings is 1. The molecule has 1 atom stereocenters. The van der Waals surface area contributed by atoms with Crippen molar-refractivity contribution in [3.63, 3.8) is 0 Å². The molecule has 0 saturated carbocycles. The van der Waals surface area contributed by atoms with E-state index in [9.17, 15) is 14.0 Å². The molecule has 1 heterocycles. The maximum absolute atomic E-state index is 14.3. The molecular formula is C15H20FN3O4. The summed E-state index contributed by atoms with van der Waals surface area (Å²) in [5.41, 5.74) is 0.676. The highest BCUT2D eigenvalue weighted by atomic mass is 19.1. The summed E-state index contributed by atoms with van der Waals surface area (Å²) >= 11 is 0. The average molecular weight is 325 g/mol. The number of hydrogen-bond donors (Lipinski definition) is 3. The van der Waals surface area contributed by atoms with Crippen LogP contribution in [0.2, 0.25) is 0 Å². The van der Waals surface area contributed by atoms with Crippen LogP contribution in [0, 0.1) is 5.82 Å². The second-order valence-corrected chi connectivity index (χ2v) is 5.36. The van der Waals surface area contributed by atoms with E-state index in [0.29, 0.717) is 30.9 Å². The van der Waals surface area contributed by atoms with Gasteiger partial charge in [-0.15, -0.1) is 0 Å². The largest absolute Gasteiger partial charge is 0.465 e. The van der Waals surface area contributed by atoms with E-state index in [4.69, 9.17) is 10.2 Å². The molecule has 0 radical (unpaired) electrons. The number of para-hydroxylation sites is 1. The third kappa shape index (κ3) is 3.70. The van der Waals surface area contributed by atoms with E-state index in [1.807, 2.05) is 0 Å². The van der Waals surface area contributed by atoms with Crippen LogP contribution in [0.5, 0.6) is 0 Å². The number of likely N-dealkylation sites (N-methyl/N-ethyl adjacent to an activating group) is 1. The Morgan fingerprint density at radius 2 is 2.22 bits per heavy atom. The number of aliphatic hydroxyl groups excluding tert-OH is 1. The number of carbonyl (C=O) groups is 2. The summed E-state index contributed by atoms with van der Waals surface area (Å²) in [5.74, 6) is -0.884. The number of hydrogen-bond acceptors (Lipinski definition) is 4. The molecule has 0 spiro atoms. The Hall–Kier alpha value is -2.35. The molecular weight excluding hydrogens is 305 g/mol. The lowest BCUT2D eigenvalue weighted by Gasteiger charge is -2.35. The number of carbonyl (C=O) groups excluding carboxylic acids is 1. The van der Waals surface area contributed by atoms with E-state index >= 15 is 0 Å². The maximum atomic E-state index is 14.3. The third-order valence-electron chi connectivity index (χ3n) is 3.84. The van der Waals surface area contributed by atoms with Gasteiger partial charge in [0.2, 0.25) is 5.91 Å². The topological polar surface area (TPSA) is 93.1 Å². The van der Waals surface area contributed by atoms with E-state index in [2.05, 4.69) is 5.32 Å². The van der Waals surface area contributed by atoms with Crippen LogP contribution in [-0.2, 0) is 4.79 Å². The molecule has 7 nitrogen and oxygen atoms in total. The summed E-state index contributed by atoms with van der Waals surface area (Å²) in [6.07, 6.45) is -0.615. The number of nitrogens with zero attached hydrogens (tertiary/aromatic N) is 2. The minimum atomic E-state index is -1.28. The van der Waals surface area contributed by atoms with Gasteiger partial charge in [0.25, 0.3) is 0 Å². The Morgan fingerprint density at radius 3 is 2.87 bits per heavy atom. The summed E-state index contributed by atoms with van der Waals surface area (Å²) in [6, 6.07) is 3.54. The maximum Gasteiger partial charge on any atom is 0.405 e. The lowest BCUT2D eigenvalue weighted by Crippen LogP contribution is -2.50. The van der Waals surface area contributed by atoms with Crippen LogP contribution >= 0.6 is 0 Å². The molecule has 3 N–H and O–H groups in total. The highest BCUT2D eigenvalue weighted by Crippen LogP contribution is 2.34. The minimum Gasteiger partial charge on any atom is -0.465 e. The second kappa shape index (κ2) is 7.28. The number of halogens is 1. The highest BCUT2D eigenvalue weighted by Gasteiger charge is 2.31. The molecule has 0 bridgehead atoms. The molecule has 8 heteroatoms. The lowest BCUT2D eigenvalue weighted by molar-refractivity contribution is -0.120. The predicted octanol–water partition coefficient (Wildman–Crippen LogP) is 1.02. The third-order valence-corrected chi connectivity index (χ3v) is 3.84. The molecule has 0 fully saturated rings. The zero-order chi connectivity index (χ0) is 17.0. The van der Waals surface area contributed by atoms with Crippen LogP contribution in [-0.4, -0.2) is 55.0 Å². The van der Waals surface area contributed by atoms with Gasteiger partial charge < -0.3 is 25.3 Å². The summed E-state index contributed by atoms with van der Waals surface area (Å²) in [7, 11) is 1.49. The molecule has 1 aliphatic heterocycles. The minimum absolute atomic E-state index is 0.0359. The average Bonchev–Trinajstić information content (AvgIpc) is 2.51. The molecule has 2 amide bonds. The van der Waals surface area contributed by atoms with Crippen molar-refractivity contribution >= 4 is 23.4 Å². The van der Waals surface area contributed by atoms with Gasteiger partial charge in [-0.1, -0.05) is 6.07 Å². The van der Waals surface area contributed by atoms with Gasteiger partial charge in [-0.2, -0.15) is 0 Å². The quantitative estimate of drug-likeness (QED) is 0.768. The van der Waals surface area contributed by atoms with Gasteiger partial charge in [-0.05, 0) is 25.0 Å². The number of aliphatic hydroxyl groups is 1. The van der Waals surface area contributed by atoms with Crippen molar-refractivity contribution in [3.05, 3.63) is 24.0 Å². The fourth-order valence-corrected chi connectivity index (χ4v) is 2.73. The van der Waals surface area contributed by atoms with Gasteiger partial charge in [0, 0.05) is 26.7 Å². The molecule has 1 aliphatic rings. The Labute approximate surface area is 133 Å². The fourth-order valence-electron chi connectivity index (χ4n) is 2.73. The van der Waals surface area contributed by atoms with E-state index in [1.165, 1.54) is 24.1 Å². The monoisotopic (exact) mass is 325 g/mol. The van der Waals surface area contributed by atoms with Crippen molar-refractivity contribution in [2.75, 3.05) is 36.5 Å². The van der Waals surface area contributed by atoms with E-state index < -0.39 is 23.9 Å². The zero-order valence-corrected chi connectivity index (χ0v) is 12.8. The standard InChI is InChI=1S/C15H20FN3O4/c1-18-12-5-2-4-10(16)13(12)19(7-3-9-20)8-6-11(14(18)21)17-15(22)23/h2,4-5,11,17,20H,3,6-9H2,1H3,(H,22,23). The first-order valence-electron chi connectivity index (χ1n) is 7.37. The number of rotatable bonds is 4. The normalized spacial score (nSPS) is 18.2. The van der Waals surface area contributed by atoms with Crippen LogP contribution in [0.3, 0.4) is 0 Å². The first-order valence-corrected chi connectivity index (χ1v) is 7.37. The van der Waals surface area contributed by atoms with Gasteiger partial charge >= 0.3 is 6.09 Å². The van der Waals surface area contributed by atoms with E-state index in [0.717, 1.165) is 0 Å². The molecule has 1 aromatic carbocycles. The van der Waals surface area contributed by atoms with Crippen LogP contribution in [0.25, 0.3) is 0 Å². The SMILES string of the molecule is CN1C(=O)C(NC(=O)O)CCN(CCCO)c2c(F)cccc21. The van der Waals surface area contributed by atoms with Crippen molar-refractivity contribution in [1.82, 2.24) is 5.32 Å². The Bertz CT molecular complexity index is 596. The first-order chi connectivity index (χ1) is 11.0. The number of carboxylic acid groups (broad SMARTS) is 1. The molecule has 0 saturated heterocycles. The number of amides is 2. The summed E-state index contributed by atoms with van der Waals surface area (Å²) in [5, 5.41) is 20.1. The number of nitrogens with one attached hydrogen (secondary N) is 1. The second-order valence-electron chi connectivity index (χ2n) is 5.36. The van der Waals surface area contributed by atoms with Crippen molar-refractivity contribution in [2.24, 2.45) is 0 Å². The van der Waals surface area contributed by atoms with Gasteiger partial charge in [-0.3, -0.25) is 4.79 Å². The van der Waals surface area contributed by atoms with Crippen molar-refractivity contribution < 1.29 is 24.2 Å². The smallest absolute Gasteiger partial charge is 0.405 e. The van der Waals surface area contributed by atoms with Crippen LogP contribution in [0.4, 0.5) is 20.6 Å². The summed E-state index contributed by atoms with van der Waals surface area (Å²) < 4.78 is 14.3. The van der Waals surface area contributed by atoms with Gasteiger partial charge in [0.15, 0.2) is 0 Å². The first kappa shape index (κ1) is 17.0. The van der Waals surface area contributed by atoms with Crippen LogP contribution < -0.4 is 15.1 Å². The Balaban J connectivity index is 2.42. The fraction of sp³-hybridized carbons (Fsp3) is 0.467. The predicted molar refractivity (Wildman–Crippen MR) is 83.3 cm³/mol. The number of fused-ring (bicyclic) bond motifs is 1. The van der Waals surface area contributed by atoms with Crippen LogP contribution in [0.1, 0.15) is 12.8 Å². The van der Waals surface area contributed by atoms with E-state index in [-0.39, 0.29) is 13.0 Å². The highest BCUT2D eigenvalue weighted by molar-refractivity contribution is 6.01. The Morgan fingerprint density at radius 1 is 1.48 bits per heavy atom. The van der Waals surface area contributed by atoms with Crippen LogP contribution in [0.15, 0.2) is 18.2 Å². The van der Waals surface area contributed by atoms with Gasteiger partial charge in [0.1, 0.15) is 11.9 Å². The summed E-state index contributed by atoms with van der Waals surface area (Å²) in [4.78, 5) is 26.3. The Kier molecular flexibility index (Phi) is 5.38. The molecule has 2 rings (SSSR count). The zero-order valence-electron chi connectivity index (χ0n) is 12.8. The van der Waals surface area contributed by atoms with Crippen molar-refractivity contribution in [2.45, 2.75) is 18.9 Å². The molecule has 0 aromatic heterocycles. The van der Waals surface area contributed by atoms with Crippen molar-refractivity contribution in [1.29, 1.82) is 0 Å². The molecule has 1 aromatic rings. The molecule has 126 valence electrons. The van der Waals surface area contributed by atoms with Crippen molar-refractivity contribution in [3.8, 4) is 0 Å².